The lowest BCUT2D eigenvalue weighted by Gasteiger charge is -2.04. The topological polar surface area (TPSA) is 0 Å². The maximum Gasteiger partial charge on any atom is 0.0309 e. The number of hydrogen-bond acceptors (Lipinski definition) is 0. The van der Waals surface area contributed by atoms with Gasteiger partial charge in [0.15, 0.2) is 0 Å². The Labute approximate surface area is 70.4 Å². The molecule has 0 spiro atoms. The molecule has 0 aliphatic rings. The van der Waals surface area contributed by atoms with Crippen LogP contribution >= 0.6 is 0 Å². The van der Waals surface area contributed by atoms with E-state index in [0.717, 1.165) is 12.8 Å². The SMILES string of the molecule is C#CCC(C#C)CCCCC. The van der Waals surface area contributed by atoms with Gasteiger partial charge in [0, 0.05) is 12.3 Å². The third-order valence-corrected chi connectivity index (χ3v) is 1.76. The van der Waals surface area contributed by atoms with Gasteiger partial charge in [-0.15, -0.1) is 24.7 Å². The predicted octanol–water partition coefficient (Wildman–Crippen LogP) is 2.84. The van der Waals surface area contributed by atoms with Crippen molar-refractivity contribution < 1.29 is 0 Å². The van der Waals surface area contributed by atoms with E-state index < -0.39 is 0 Å². The molecule has 11 heavy (non-hydrogen) atoms. The summed E-state index contributed by atoms with van der Waals surface area (Å²) in [6, 6.07) is 0. The van der Waals surface area contributed by atoms with Crippen LogP contribution < -0.4 is 0 Å². The monoisotopic (exact) mass is 148 g/mol. The number of terminal acetylenes is 2. The molecule has 1 unspecified atom stereocenters. The van der Waals surface area contributed by atoms with Crippen molar-refractivity contribution in [3.8, 4) is 24.7 Å². The number of rotatable bonds is 5. The highest BCUT2D eigenvalue weighted by Gasteiger charge is 2.00. The molecule has 0 rings (SSSR count). The van der Waals surface area contributed by atoms with Crippen LogP contribution in [-0.4, -0.2) is 0 Å². The van der Waals surface area contributed by atoms with Crippen molar-refractivity contribution >= 4 is 0 Å². The molecule has 0 aliphatic carbocycles. The van der Waals surface area contributed by atoms with Gasteiger partial charge >= 0.3 is 0 Å². The molecule has 0 aromatic carbocycles. The summed E-state index contributed by atoms with van der Waals surface area (Å²) in [5.41, 5.74) is 0. The summed E-state index contributed by atoms with van der Waals surface area (Å²) in [4.78, 5) is 0. The molecule has 0 aromatic heterocycles. The van der Waals surface area contributed by atoms with E-state index in [2.05, 4.69) is 18.8 Å². The van der Waals surface area contributed by atoms with Crippen LogP contribution in [0.1, 0.15) is 39.0 Å². The van der Waals surface area contributed by atoms with Crippen molar-refractivity contribution in [3.05, 3.63) is 0 Å². The van der Waals surface area contributed by atoms with E-state index in [4.69, 9.17) is 12.8 Å². The Morgan fingerprint density at radius 3 is 2.45 bits per heavy atom. The van der Waals surface area contributed by atoms with Gasteiger partial charge in [0.2, 0.25) is 0 Å². The summed E-state index contributed by atoms with van der Waals surface area (Å²) in [7, 11) is 0. The summed E-state index contributed by atoms with van der Waals surface area (Å²) in [5.74, 6) is 5.63. The van der Waals surface area contributed by atoms with Crippen molar-refractivity contribution in [1.82, 2.24) is 0 Å². The zero-order chi connectivity index (χ0) is 8.53. The Morgan fingerprint density at radius 1 is 1.27 bits per heavy atom. The second-order valence-electron chi connectivity index (χ2n) is 2.77. The fourth-order valence-corrected chi connectivity index (χ4v) is 1.03. The fraction of sp³-hybridized carbons (Fsp3) is 0.636. The van der Waals surface area contributed by atoms with Crippen molar-refractivity contribution in [2.75, 3.05) is 0 Å². The van der Waals surface area contributed by atoms with Crippen LogP contribution in [0.5, 0.6) is 0 Å². The Bertz CT molecular complexity index is 154. The van der Waals surface area contributed by atoms with Crippen molar-refractivity contribution in [2.45, 2.75) is 39.0 Å². The summed E-state index contributed by atoms with van der Waals surface area (Å²) >= 11 is 0. The van der Waals surface area contributed by atoms with Crippen molar-refractivity contribution in [1.29, 1.82) is 0 Å². The van der Waals surface area contributed by atoms with Gasteiger partial charge in [-0.25, -0.2) is 0 Å². The summed E-state index contributed by atoms with van der Waals surface area (Å²) in [6.45, 7) is 2.19. The molecule has 0 amide bonds. The average molecular weight is 148 g/mol. The second-order valence-corrected chi connectivity index (χ2v) is 2.77. The maximum absolute atomic E-state index is 5.30. The quantitative estimate of drug-likeness (QED) is 0.415. The molecule has 1 atom stereocenters. The first-order valence-electron chi connectivity index (χ1n) is 4.24. The van der Waals surface area contributed by atoms with E-state index in [1.807, 2.05) is 0 Å². The third-order valence-electron chi connectivity index (χ3n) is 1.76. The minimum atomic E-state index is 0.312. The Hall–Kier alpha value is -0.880. The Morgan fingerprint density at radius 2 is 2.00 bits per heavy atom. The van der Waals surface area contributed by atoms with Gasteiger partial charge < -0.3 is 0 Å². The van der Waals surface area contributed by atoms with Crippen LogP contribution in [0.2, 0.25) is 0 Å². The highest BCUT2D eigenvalue weighted by atomic mass is 14.0. The first-order valence-corrected chi connectivity index (χ1v) is 4.24. The summed E-state index contributed by atoms with van der Waals surface area (Å²) in [6.07, 6.45) is 16.0. The van der Waals surface area contributed by atoms with E-state index in [1.165, 1.54) is 19.3 Å². The zero-order valence-electron chi connectivity index (χ0n) is 7.27. The van der Waals surface area contributed by atoms with Crippen molar-refractivity contribution in [2.24, 2.45) is 5.92 Å². The van der Waals surface area contributed by atoms with Gasteiger partial charge in [-0.1, -0.05) is 26.2 Å². The minimum Gasteiger partial charge on any atom is -0.120 e. The lowest BCUT2D eigenvalue weighted by molar-refractivity contribution is 0.564. The lowest BCUT2D eigenvalue weighted by atomic mass is 9.99. The van der Waals surface area contributed by atoms with Crippen LogP contribution in [0.4, 0.5) is 0 Å². The smallest absolute Gasteiger partial charge is 0.0309 e. The molecular formula is C11H16. The van der Waals surface area contributed by atoms with Crippen LogP contribution in [0, 0.1) is 30.6 Å². The standard InChI is InChI=1S/C11H16/c1-4-7-8-10-11(6-3)9-5-2/h2-3,11H,4,7-10H2,1H3. The molecule has 0 aliphatic heterocycles. The van der Waals surface area contributed by atoms with Gasteiger partial charge in [-0.3, -0.25) is 0 Å². The maximum atomic E-state index is 5.30. The third kappa shape index (κ3) is 5.56. The average Bonchev–Trinajstić information content (AvgIpc) is 2.03. The first kappa shape index (κ1) is 10.1. The number of hydrogen-bond donors (Lipinski definition) is 0. The number of unbranched alkanes of at least 4 members (excludes halogenated alkanes) is 2. The first-order chi connectivity index (χ1) is 5.35. The van der Waals surface area contributed by atoms with Crippen LogP contribution in [-0.2, 0) is 0 Å². The van der Waals surface area contributed by atoms with E-state index in [1.54, 1.807) is 0 Å². The molecule has 0 nitrogen and oxygen atoms in total. The van der Waals surface area contributed by atoms with Gasteiger partial charge in [0.05, 0.1) is 0 Å². The molecule has 0 radical (unpaired) electrons. The molecule has 0 bridgehead atoms. The van der Waals surface area contributed by atoms with E-state index in [-0.39, 0.29) is 0 Å². The van der Waals surface area contributed by atoms with Gasteiger partial charge in [0.1, 0.15) is 0 Å². The van der Waals surface area contributed by atoms with Crippen LogP contribution in [0.15, 0.2) is 0 Å². The Balaban J connectivity index is 3.40. The molecule has 0 fully saturated rings. The normalized spacial score (nSPS) is 11.5. The lowest BCUT2D eigenvalue weighted by Crippen LogP contribution is -1.94. The highest BCUT2D eigenvalue weighted by molar-refractivity contribution is 5.00. The highest BCUT2D eigenvalue weighted by Crippen LogP contribution is 2.11. The fourth-order valence-electron chi connectivity index (χ4n) is 1.03. The van der Waals surface area contributed by atoms with Gasteiger partial charge in [0.25, 0.3) is 0 Å². The second kappa shape index (κ2) is 7.23. The summed E-state index contributed by atoms with van der Waals surface area (Å²) in [5, 5.41) is 0. The molecular weight excluding hydrogens is 132 g/mol. The van der Waals surface area contributed by atoms with E-state index in [0.29, 0.717) is 5.92 Å². The van der Waals surface area contributed by atoms with Gasteiger partial charge in [-0.05, 0) is 6.42 Å². The predicted molar refractivity (Wildman–Crippen MR) is 49.9 cm³/mol. The molecule has 0 heterocycles. The van der Waals surface area contributed by atoms with Crippen LogP contribution in [0.3, 0.4) is 0 Å². The zero-order valence-corrected chi connectivity index (χ0v) is 7.27. The minimum absolute atomic E-state index is 0.312. The molecule has 0 heteroatoms. The Kier molecular flexibility index (Phi) is 6.65. The largest absolute Gasteiger partial charge is 0.120 e. The molecule has 0 N–H and O–H groups in total. The summed E-state index contributed by atoms with van der Waals surface area (Å²) < 4.78 is 0. The van der Waals surface area contributed by atoms with Gasteiger partial charge in [-0.2, -0.15) is 0 Å². The van der Waals surface area contributed by atoms with E-state index >= 15 is 0 Å². The van der Waals surface area contributed by atoms with E-state index in [9.17, 15) is 0 Å². The molecule has 0 aromatic rings. The molecule has 0 saturated carbocycles. The van der Waals surface area contributed by atoms with Crippen molar-refractivity contribution in [3.63, 3.8) is 0 Å². The molecule has 0 saturated heterocycles. The molecule has 60 valence electrons. The van der Waals surface area contributed by atoms with Crippen LogP contribution in [0.25, 0.3) is 0 Å².